The van der Waals surface area contributed by atoms with Gasteiger partial charge in [0, 0.05) is 0 Å². The molecule has 1 aliphatic carbocycles. The van der Waals surface area contributed by atoms with Crippen molar-refractivity contribution in [2.75, 3.05) is 0 Å². The summed E-state index contributed by atoms with van der Waals surface area (Å²) in [6.45, 7) is 0. The van der Waals surface area contributed by atoms with Gasteiger partial charge in [0.05, 0.1) is 6.10 Å². The monoisotopic (exact) mass is 160 g/mol. The first-order valence-corrected chi connectivity index (χ1v) is 3.89. The molecule has 0 aromatic carbocycles. The van der Waals surface area contributed by atoms with Crippen molar-refractivity contribution in [2.45, 2.75) is 38.2 Å². The lowest BCUT2D eigenvalue weighted by Crippen LogP contribution is -2.18. The van der Waals surface area contributed by atoms with Crippen LogP contribution in [0.3, 0.4) is 0 Å². The van der Waals surface area contributed by atoms with Crippen molar-refractivity contribution < 1.29 is 9.90 Å². The number of hydrogen-bond acceptors (Lipinski definition) is 3. The molecule has 4 N–H and O–H groups in total. The van der Waals surface area contributed by atoms with Gasteiger partial charge in [0.25, 0.3) is 0 Å². The lowest BCUT2D eigenvalue weighted by Gasteiger charge is -2.14. The molecule has 1 rings (SSSR count). The number of amides is 1. The molecule has 66 valence electrons. The van der Waals surface area contributed by atoms with Crippen molar-refractivity contribution in [1.29, 1.82) is 0 Å². The number of rotatable bonds is 1. The smallest absolute Gasteiger partial charge is 0.221 e. The Morgan fingerprint density at radius 3 is 2.00 bits per heavy atom. The van der Waals surface area contributed by atoms with Crippen LogP contribution in [0.2, 0.25) is 0 Å². The minimum absolute atomic E-state index is 0.0359. The summed E-state index contributed by atoms with van der Waals surface area (Å²) in [5.74, 6) is 4.41. The molecule has 1 fully saturated rings. The van der Waals surface area contributed by atoms with Crippen LogP contribution in [-0.2, 0) is 4.79 Å². The van der Waals surface area contributed by atoms with Crippen LogP contribution in [0.15, 0.2) is 0 Å². The van der Waals surface area contributed by atoms with Crippen molar-refractivity contribution in [3.05, 3.63) is 0 Å². The number of nitrogens with two attached hydrogens (primary N) is 1. The van der Waals surface area contributed by atoms with Gasteiger partial charge in [-0.15, -0.1) is 0 Å². The summed E-state index contributed by atoms with van der Waals surface area (Å²) < 4.78 is 0. The molecule has 0 radical (unpaired) electrons. The number of carbonyl (C=O) groups excluding carboxylic acids is 1. The largest absolute Gasteiger partial charge is 0.393 e. The lowest BCUT2D eigenvalue weighted by atomic mass is 9.98. The van der Waals surface area contributed by atoms with E-state index in [1.165, 1.54) is 19.3 Å². The third kappa shape index (κ3) is 7.29. The predicted molar refractivity (Wildman–Crippen MR) is 42.5 cm³/mol. The second-order valence-electron chi connectivity index (χ2n) is 2.58. The fourth-order valence-electron chi connectivity index (χ4n) is 1.08. The summed E-state index contributed by atoms with van der Waals surface area (Å²) in [7, 11) is 0. The molecule has 0 aromatic heterocycles. The van der Waals surface area contributed by atoms with Crippen LogP contribution in [0.25, 0.3) is 0 Å². The van der Waals surface area contributed by atoms with E-state index in [2.05, 4.69) is 5.84 Å². The maximum absolute atomic E-state index is 8.94. The van der Waals surface area contributed by atoms with Crippen molar-refractivity contribution in [3.8, 4) is 0 Å². The highest BCUT2D eigenvalue weighted by Crippen LogP contribution is 2.16. The molecular formula is C7H16N2O2. The summed E-state index contributed by atoms with van der Waals surface area (Å²) in [6, 6.07) is 0. The Balaban J connectivity index is 0.000000218. The van der Waals surface area contributed by atoms with Gasteiger partial charge in [-0.25, -0.2) is 5.84 Å². The van der Waals surface area contributed by atoms with Crippen LogP contribution >= 0.6 is 0 Å². The van der Waals surface area contributed by atoms with Crippen LogP contribution < -0.4 is 11.3 Å². The number of aliphatic hydroxyl groups is 1. The average Bonchev–Trinajstić information content (AvgIpc) is 2.07. The fraction of sp³-hybridized carbons (Fsp3) is 0.857. The van der Waals surface area contributed by atoms with Crippen LogP contribution in [-0.4, -0.2) is 17.6 Å². The molecule has 0 aromatic rings. The second kappa shape index (κ2) is 7.50. The molecule has 0 saturated heterocycles. The zero-order valence-corrected chi connectivity index (χ0v) is 6.62. The van der Waals surface area contributed by atoms with Crippen LogP contribution in [0.5, 0.6) is 0 Å². The highest BCUT2D eigenvalue weighted by atomic mass is 16.3. The molecule has 0 bridgehead atoms. The molecule has 1 saturated carbocycles. The molecule has 0 atom stereocenters. The van der Waals surface area contributed by atoms with E-state index >= 15 is 0 Å². The first kappa shape index (κ1) is 10.4. The molecule has 4 nitrogen and oxygen atoms in total. The van der Waals surface area contributed by atoms with Gasteiger partial charge in [-0.3, -0.25) is 10.2 Å². The molecule has 0 unspecified atom stereocenters. The van der Waals surface area contributed by atoms with Crippen molar-refractivity contribution in [3.63, 3.8) is 0 Å². The molecule has 11 heavy (non-hydrogen) atoms. The maximum atomic E-state index is 8.94. The fourth-order valence-corrected chi connectivity index (χ4v) is 1.08. The second-order valence-corrected chi connectivity index (χ2v) is 2.58. The Kier molecular flexibility index (Phi) is 7.08. The van der Waals surface area contributed by atoms with E-state index in [1.54, 1.807) is 5.43 Å². The topological polar surface area (TPSA) is 75.3 Å². The molecule has 0 heterocycles. The zero-order valence-electron chi connectivity index (χ0n) is 6.62. The zero-order chi connectivity index (χ0) is 8.53. The summed E-state index contributed by atoms with van der Waals surface area (Å²) in [5, 5.41) is 8.91. The number of aliphatic hydroxyl groups excluding tert-OH is 1. The van der Waals surface area contributed by atoms with Crippen molar-refractivity contribution in [2.24, 2.45) is 5.84 Å². The van der Waals surface area contributed by atoms with Gasteiger partial charge in [0.2, 0.25) is 6.41 Å². The van der Waals surface area contributed by atoms with Crippen LogP contribution in [0.4, 0.5) is 0 Å². The first-order chi connectivity index (χ1) is 5.31. The maximum Gasteiger partial charge on any atom is 0.221 e. The normalized spacial score (nSPS) is 18.0. The third-order valence-corrected chi connectivity index (χ3v) is 1.64. The lowest BCUT2D eigenvalue weighted by molar-refractivity contribution is -0.109. The standard InChI is InChI=1S/C6H12O.CH4N2O/c7-6-4-2-1-3-5-6;2-3-1-4/h6-7H,1-5H2;1H,2H2,(H,3,4). The van der Waals surface area contributed by atoms with Crippen molar-refractivity contribution >= 4 is 6.41 Å². The van der Waals surface area contributed by atoms with Gasteiger partial charge in [0.1, 0.15) is 0 Å². The Morgan fingerprint density at radius 1 is 1.36 bits per heavy atom. The Labute approximate surface area is 66.7 Å². The molecule has 1 aliphatic rings. The number of nitrogens with one attached hydrogen (secondary N) is 1. The predicted octanol–water partition coefficient (Wildman–Crippen LogP) is -0.0825. The number of carbonyl (C=O) groups is 1. The van der Waals surface area contributed by atoms with Gasteiger partial charge in [0.15, 0.2) is 0 Å². The summed E-state index contributed by atoms with van der Waals surface area (Å²) in [5.41, 5.74) is 1.75. The molecule has 1 amide bonds. The minimum Gasteiger partial charge on any atom is -0.393 e. The van der Waals surface area contributed by atoms with E-state index in [-0.39, 0.29) is 6.10 Å². The third-order valence-electron chi connectivity index (χ3n) is 1.64. The van der Waals surface area contributed by atoms with Gasteiger partial charge in [-0.05, 0) is 12.8 Å². The molecule has 0 aliphatic heterocycles. The number of hydrogen-bond donors (Lipinski definition) is 3. The van der Waals surface area contributed by atoms with E-state index < -0.39 is 0 Å². The van der Waals surface area contributed by atoms with Crippen LogP contribution in [0, 0.1) is 0 Å². The summed E-state index contributed by atoms with van der Waals surface area (Å²) in [6.07, 6.45) is 6.33. The van der Waals surface area contributed by atoms with Gasteiger partial charge in [-0.2, -0.15) is 0 Å². The Morgan fingerprint density at radius 2 is 1.82 bits per heavy atom. The minimum atomic E-state index is 0.0359. The quantitative estimate of drug-likeness (QED) is 0.217. The van der Waals surface area contributed by atoms with E-state index in [1.807, 2.05) is 0 Å². The van der Waals surface area contributed by atoms with E-state index in [9.17, 15) is 0 Å². The highest BCUT2D eigenvalue weighted by molar-refractivity contribution is 5.44. The van der Waals surface area contributed by atoms with E-state index in [0.717, 1.165) is 12.8 Å². The van der Waals surface area contributed by atoms with E-state index in [0.29, 0.717) is 6.41 Å². The summed E-state index contributed by atoms with van der Waals surface area (Å²) in [4.78, 5) is 8.94. The summed E-state index contributed by atoms with van der Waals surface area (Å²) >= 11 is 0. The SMILES string of the molecule is NNC=O.OC1CCCCC1. The molecule has 4 heteroatoms. The highest BCUT2D eigenvalue weighted by Gasteiger charge is 2.07. The van der Waals surface area contributed by atoms with E-state index in [4.69, 9.17) is 9.90 Å². The average molecular weight is 160 g/mol. The van der Waals surface area contributed by atoms with Crippen LogP contribution in [0.1, 0.15) is 32.1 Å². The number of hydrazine groups is 1. The Hall–Kier alpha value is -0.610. The van der Waals surface area contributed by atoms with Gasteiger partial charge < -0.3 is 5.11 Å². The van der Waals surface area contributed by atoms with Gasteiger partial charge in [-0.1, -0.05) is 19.3 Å². The Bertz CT molecular complexity index is 92.4. The van der Waals surface area contributed by atoms with Gasteiger partial charge >= 0.3 is 0 Å². The first-order valence-electron chi connectivity index (χ1n) is 3.89. The van der Waals surface area contributed by atoms with Crippen molar-refractivity contribution in [1.82, 2.24) is 5.43 Å². The molecule has 0 spiro atoms. The molecular weight excluding hydrogens is 144 g/mol.